The van der Waals surface area contributed by atoms with Crippen molar-refractivity contribution in [1.29, 1.82) is 0 Å². The summed E-state index contributed by atoms with van der Waals surface area (Å²) in [5, 5.41) is 0.487. The Labute approximate surface area is 137 Å². The number of rotatable bonds is 3. The highest BCUT2D eigenvalue weighted by molar-refractivity contribution is 7.80. The molecule has 118 valence electrons. The Bertz CT molecular complexity index is 690. The Morgan fingerprint density at radius 1 is 1.00 bits per heavy atom. The van der Waals surface area contributed by atoms with E-state index in [1.165, 1.54) is 0 Å². The van der Waals surface area contributed by atoms with Crippen LogP contribution < -0.4 is 4.74 Å². The standard InChI is InChI=1S/C17H23N3OS/c1-10(2)20(11(3)4)17(22)21-14-7-8-15-16(9-14)19-13(6)12(5)18-15/h7-11H,1-6H3. The fraction of sp³-hybridized carbons (Fsp3) is 0.471. The average Bonchev–Trinajstić information content (AvgIpc) is 2.39. The van der Waals surface area contributed by atoms with E-state index in [0.717, 1.165) is 22.4 Å². The average molecular weight is 317 g/mol. The summed E-state index contributed by atoms with van der Waals surface area (Å²) >= 11 is 5.45. The van der Waals surface area contributed by atoms with Gasteiger partial charge in [0.05, 0.1) is 22.4 Å². The molecule has 0 N–H and O–H groups in total. The summed E-state index contributed by atoms with van der Waals surface area (Å²) < 4.78 is 5.87. The minimum absolute atomic E-state index is 0.289. The third kappa shape index (κ3) is 3.53. The van der Waals surface area contributed by atoms with Crippen molar-refractivity contribution >= 4 is 28.4 Å². The summed E-state index contributed by atoms with van der Waals surface area (Å²) in [6.07, 6.45) is 0. The third-order valence-electron chi connectivity index (χ3n) is 3.58. The van der Waals surface area contributed by atoms with Crippen LogP contribution >= 0.6 is 12.2 Å². The molecule has 22 heavy (non-hydrogen) atoms. The van der Waals surface area contributed by atoms with Crippen LogP contribution in [0.3, 0.4) is 0 Å². The molecule has 0 amide bonds. The van der Waals surface area contributed by atoms with E-state index in [4.69, 9.17) is 17.0 Å². The molecule has 0 saturated carbocycles. The van der Waals surface area contributed by atoms with E-state index < -0.39 is 0 Å². The van der Waals surface area contributed by atoms with Gasteiger partial charge in [0.1, 0.15) is 5.75 Å². The first-order valence-electron chi connectivity index (χ1n) is 7.54. The summed E-state index contributed by atoms with van der Waals surface area (Å²) in [7, 11) is 0. The molecule has 1 aromatic carbocycles. The maximum absolute atomic E-state index is 5.87. The van der Waals surface area contributed by atoms with Crippen molar-refractivity contribution in [2.45, 2.75) is 53.6 Å². The lowest BCUT2D eigenvalue weighted by molar-refractivity contribution is 0.254. The molecule has 1 aromatic heterocycles. The van der Waals surface area contributed by atoms with Gasteiger partial charge in [0.2, 0.25) is 0 Å². The molecule has 0 unspecified atom stereocenters. The van der Waals surface area contributed by atoms with E-state index in [9.17, 15) is 0 Å². The number of aryl methyl sites for hydroxylation is 2. The monoisotopic (exact) mass is 317 g/mol. The van der Waals surface area contributed by atoms with Crippen LogP contribution in [-0.2, 0) is 0 Å². The number of aromatic nitrogens is 2. The molecule has 4 nitrogen and oxygen atoms in total. The molecule has 0 aliphatic rings. The molecule has 0 radical (unpaired) electrons. The van der Waals surface area contributed by atoms with Gasteiger partial charge in [-0.2, -0.15) is 0 Å². The van der Waals surface area contributed by atoms with Crippen LogP contribution in [0.25, 0.3) is 11.0 Å². The topological polar surface area (TPSA) is 38.2 Å². The minimum atomic E-state index is 0.289. The van der Waals surface area contributed by atoms with E-state index in [1.807, 2.05) is 32.0 Å². The van der Waals surface area contributed by atoms with Gasteiger partial charge in [0, 0.05) is 18.2 Å². The molecule has 0 fully saturated rings. The van der Waals surface area contributed by atoms with Gasteiger partial charge < -0.3 is 9.64 Å². The SMILES string of the molecule is Cc1nc2ccc(OC(=S)N(C(C)C)C(C)C)cc2nc1C. The summed E-state index contributed by atoms with van der Waals surface area (Å²) in [5.74, 6) is 0.696. The third-order valence-corrected chi connectivity index (χ3v) is 3.87. The van der Waals surface area contributed by atoms with Gasteiger partial charge in [0.15, 0.2) is 0 Å². The first-order chi connectivity index (χ1) is 10.3. The van der Waals surface area contributed by atoms with Crippen LogP contribution in [0.5, 0.6) is 5.75 Å². The quantitative estimate of drug-likeness (QED) is 0.799. The van der Waals surface area contributed by atoms with Gasteiger partial charge >= 0.3 is 0 Å². The number of benzene rings is 1. The zero-order valence-corrected chi connectivity index (χ0v) is 14.9. The van der Waals surface area contributed by atoms with Crippen LogP contribution in [0.2, 0.25) is 0 Å². The van der Waals surface area contributed by atoms with Gasteiger partial charge in [0.25, 0.3) is 5.17 Å². The maximum atomic E-state index is 5.87. The Kier molecular flexibility index (Phi) is 4.96. The predicted octanol–water partition coefficient (Wildman–Crippen LogP) is 4.03. The van der Waals surface area contributed by atoms with E-state index in [0.29, 0.717) is 10.9 Å². The first-order valence-corrected chi connectivity index (χ1v) is 7.95. The van der Waals surface area contributed by atoms with Crippen molar-refractivity contribution in [3.8, 4) is 5.75 Å². The fourth-order valence-corrected chi connectivity index (χ4v) is 2.96. The van der Waals surface area contributed by atoms with Gasteiger partial charge in [-0.15, -0.1) is 0 Å². The smallest absolute Gasteiger partial charge is 0.265 e. The lowest BCUT2D eigenvalue weighted by Crippen LogP contribution is -2.43. The number of hydrogen-bond acceptors (Lipinski definition) is 4. The molecule has 0 aliphatic carbocycles. The molecule has 0 bridgehead atoms. The molecule has 5 heteroatoms. The number of fused-ring (bicyclic) bond motifs is 1. The van der Waals surface area contributed by atoms with Crippen LogP contribution in [0, 0.1) is 13.8 Å². The minimum Gasteiger partial charge on any atom is -0.432 e. The van der Waals surface area contributed by atoms with Crippen LogP contribution in [-0.4, -0.2) is 32.1 Å². The van der Waals surface area contributed by atoms with E-state index in [-0.39, 0.29) is 12.1 Å². The highest BCUT2D eigenvalue weighted by atomic mass is 32.1. The molecule has 0 aliphatic heterocycles. The molecule has 0 atom stereocenters. The summed E-state index contributed by atoms with van der Waals surface area (Å²) in [6.45, 7) is 12.3. The second kappa shape index (κ2) is 6.57. The molecule has 1 heterocycles. The molecular formula is C17H23N3OS. The van der Waals surface area contributed by atoms with Crippen LogP contribution in [0.1, 0.15) is 39.1 Å². The summed E-state index contributed by atoms with van der Waals surface area (Å²) in [4.78, 5) is 11.2. The maximum Gasteiger partial charge on any atom is 0.265 e. The second-order valence-corrected chi connectivity index (χ2v) is 6.36. The Morgan fingerprint density at radius 2 is 1.55 bits per heavy atom. The zero-order chi connectivity index (χ0) is 16.4. The van der Waals surface area contributed by atoms with Crippen molar-refractivity contribution < 1.29 is 4.74 Å². The van der Waals surface area contributed by atoms with E-state index in [2.05, 4.69) is 42.6 Å². The zero-order valence-electron chi connectivity index (χ0n) is 14.0. The Morgan fingerprint density at radius 3 is 2.09 bits per heavy atom. The van der Waals surface area contributed by atoms with Crippen molar-refractivity contribution in [3.63, 3.8) is 0 Å². The number of thiocarbonyl (C=S) groups is 1. The molecular weight excluding hydrogens is 294 g/mol. The lowest BCUT2D eigenvalue weighted by atomic mass is 10.2. The van der Waals surface area contributed by atoms with Gasteiger partial charge in [-0.3, -0.25) is 0 Å². The van der Waals surface area contributed by atoms with Crippen molar-refractivity contribution in [3.05, 3.63) is 29.6 Å². The highest BCUT2D eigenvalue weighted by Crippen LogP contribution is 2.21. The number of nitrogens with zero attached hydrogens (tertiary/aromatic N) is 3. The van der Waals surface area contributed by atoms with Crippen molar-refractivity contribution in [1.82, 2.24) is 14.9 Å². The molecule has 0 spiro atoms. The number of ether oxygens (including phenoxy) is 1. The van der Waals surface area contributed by atoms with Crippen LogP contribution in [0.4, 0.5) is 0 Å². The summed E-state index contributed by atoms with van der Waals surface area (Å²) in [5.41, 5.74) is 3.57. The molecule has 2 aromatic rings. The van der Waals surface area contributed by atoms with Gasteiger partial charge in [-0.25, -0.2) is 9.97 Å². The lowest BCUT2D eigenvalue weighted by Gasteiger charge is -2.32. The van der Waals surface area contributed by atoms with E-state index in [1.54, 1.807) is 0 Å². The Hall–Kier alpha value is -1.75. The van der Waals surface area contributed by atoms with Gasteiger partial charge in [-0.1, -0.05) is 0 Å². The summed E-state index contributed by atoms with van der Waals surface area (Å²) in [6, 6.07) is 6.27. The fourth-order valence-electron chi connectivity index (χ4n) is 2.45. The van der Waals surface area contributed by atoms with Gasteiger partial charge in [-0.05, 0) is 65.9 Å². The second-order valence-electron chi connectivity index (χ2n) is 6.01. The van der Waals surface area contributed by atoms with E-state index >= 15 is 0 Å². The largest absolute Gasteiger partial charge is 0.432 e. The predicted molar refractivity (Wildman–Crippen MR) is 94.3 cm³/mol. The number of hydrogen-bond donors (Lipinski definition) is 0. The first kappa shape index (κ1) is 16.6. The Balaban J connectivity index is 2.28. The highest BCUT2D eigenvalue weighted by Gasteiger charge is 2.18. The van der Waals surface area contributed by atoms with Crippen molar-refractivity contribution in [2.75, 3.05) is 0 Å². The normalized spacial score (nSPS) is 11.3. The molecule has 2 rings (SSSR count). The molecule has 0 saturated heterocycles. The van der Waals surface area contributed by atoms with Crippen LogP contribution in [0.15, 0.2) is 18.2 Å². The van der Waals surface area contributed by atoms with Crippen molar-refractivity contribution in [2.24, 2.45) is 0 Å².